The maximum Gasteiger partial charge on any atom is 0.270 e. The van der Waals surface area contributed by atoms with Crippen LogP contribution in [0.4, 0.5) is 5.13 Å². The number of thiazole rings is 1. The van der Waals surface area contributed by atoms with E-state index in [9.17, 15) is 9.59 Å². The molecule has 2 N–H and O–H groups in total. The molecule has 2 fully saturated rings. The number of H-pyrrole nitrogens is 1. The van der Waals surface area contributed by atoms with Crippen LogP contribution in [0.3, 0.4) is 0 Å². The minimum absolute atomic E-state index is 0.00623. The van der Waals surface area contributed by atoms with Crippen LogP contribution >= 0.6 is 11.3 Å². The van der Waals surface area contributed by atoms with Crippen molar-refractivity contribution in [2.24, 2.45) is 5.92 Å². The fourth-order valence-electron chi connectivity index (χ4n) is 8.92. The zero-order valence-electron chi connectivity index (χ0n) is 34.2. The molecule has 2 aliphatic heterocycles. The molecule has 0 radical (unpaired) electrons. The number of amides is 2. The fourth-order valence-corrected chi connectivity index (χ4v) is 9.92. The topological polar surface area (TPSA) is 112 Å². The van der Waals surface area contributed by atoms with E-state index in [-0.39, 0.29) is 36.3 Å². The zero-order chi connectivity index (χ0) is 40.7. The summed E-state index contributed by atoms with van der Waals surface area (Å²) in [6, 6.07) is 32.3. The number of fused-ring (bicyclic) bond motifs is 2. The summed E-state index contributed by atoms with van der Waals surface area (Å²) in [6.07, 6.45) is 3.59. The van der Waals surface area contributed by atoms with Crippen LogP contribution in [0.15, 0.2) is 97.1 Å². The van der Waals surface area contributed by atoms with Gasteiger partial charge in [-0.2, -0.15) is 0 Å². The Hall–Kier alpha value is -5.59. The van der Waals surface area contributed by atoms with Gasteiger partial charge in [0, 0.05) is 74.2 Å². The summed E-state index contributed by atoms with van der Waals surface area (Å²) in [5.74, 6) is 2.25. The molecule has 2 amide bonds. The summed E-state index contributed by atoms with van der Waals surface area (Å²) in [5.41, 5.74) is 4.79. The number of hydrogen-bond acceptors (Lipinski definition) is 9. The quantitative estimate of drug-likeness (QED) is 0.108. The van der Waals surface area contributed by atoms with Crippen molar-refractivity contribution in [2.45, 2.75) is 44.6 Å². The number of ether oxygens (including phenoxy) is 3. The number of likely N-dealkylation sites (tertiary alicyclic amines) is 1. The summed E-state index contributed by atoms with van der Waals surface area (Å²) in [6.45, 7) is 7.32. The maximum absolute atomic E-state index is 13.9. The number of nitrogens with one attached hydrogen (secondary N) is 2. The summed E-state index contributed by atoms with van der Waals surface area (Å²) in [4.78, 5) is 42.2. The number of carbonyl (C=O) groups is 2. The molecule has 2 saturated heterocycles. The molecule has 8 rings (SSSR count). The molecule has 4 aromatic carbocycles. The number of methoxy groups -OCH3 is 2. The smallest absolute Gasteiger partial charge is 0.270 e. The van der Waals surface area contributed by atoms with Gasteiger partial charge in [-0.25, -0.2) is 4.98 Å². The predicted octanol–water partition coefficient (Wildman–Crippen LogP) is 7.77. The molecule has 0 spiro atoms. The van der Waals surface area contributed by atoms with E-state index in [1.54, 1.807) is 25.6 Å². The first kappa shape index (κ1) is 40.2. The van der Waals surface area contributed by atoms with Gasteiger partial charge in [-0.15, -0.1) is 0 Å². The third-order valence-electron chi connectivity index (χ3n) is 11.8. The van der Waals surface area contributed by atoms with Crippen LogP contribution in [0, 0.1) is 5.92 Å². The molecule has 0 aliphatic carbocycles. The van der Waals surface area contributed by atoms with Crippen molar-refractivity contribution in [1.29, 1.82) is 0 Å². The molecule has 3 atom stereocenters. The van der Waals surface area contributed by atoms with Crippen LogP contribution in [0.5, 0.6) is 17.2 Å². The van der Waals surface area contributed by atoms with Gasteiger partial charge in [0.25, 0.3) is 11.8 Å². The van der Waals surface area contributed by atoms with Crippen LogP contribution in [-0.2, 0) is 11.2 Å². The lowest BCUT2D eigenvalue weighted by Crippen LogP contribution is -2.49. The largest absolute Gasteiger partial charge is 0.496 e. The molecule has 11 nitrogen and oxygen atoms in total. The van der Waals surface area contributed by atoms with E-state index in [1.165, 1.54) is 10.3 Å². The molecule has 59 heavy (non-hydrogen) atoms. The Labute approximate surface area is 350 Å². The van der Waals surface area contributed by atoms with E-state index in [0.29, 0.717) is 36.8 Å². The Morgan fingerprint density at radius 3 is 2.58 bits per heavy atom. The number of aromatic nitrogens is 2. The Morgan fingerprint density at radius 2 is 1.75 bits per heavy atom. The van der Waals surface area contributed by atoms with E-state index in [2.05, 4.69) is 44.4 Å². The first-order chi connectivity index (χ1) is 28.9. The first-order valence-corrected chi connectivity index (χ1v) is 21.6. The second kappa shape index (κ2) is 18.6. The van der Waals surface area contributed by atoms with Gasteiger partial charge >= 0.3 is 0 Å². The molecule has 4 heterocycles. The van der Waals surface area contributed by atoms with Gasteiger partial charge < -0.3 is 39.2 Å². The van der Waals surface area contributed by atoms with E-state index < -0.39 is 0 Å². The Balaban J connectivity index is 0.957. The number of para-hydroxylation sites is 4. The molecule has 0 bridgehead atoms. The van der Waals surface area contributed by atoms with Crippen molar-refractivity contribution in [2.75, 3.05) is 71.5 Å². The van der Waals surface area contributed by atoms with Gasteiger partial charge in [-0.3, -0.25) is 9.59 Å². The zero-order valence-corrected chi connectivity index (χ0v) is 35.0. The van der Waals surface area contributed by atoms with Gasteiger partial charge in [-0.05, 0) is 80.5 Å². The molecule has 6 aromatic rings. The van der Waals surface area contributed by atoms with Gasteiger partial charge in [0.05, 0.1) is 24.4 Å². The molecule has 308 valence electrons. The average molecular weight is 815 g/mol. The number of nitrogens with zero attached hydrogens (tertiary/aromatic N) is 4. The van der Waals surface area contributed by atoms with Crippen molar-refractivity contribution in [3.63, 3.8) is 0 Å². The van der Waals surface area contributed by atoms with Crippen molar-refractivity contribution in [3.8, 4) is 17.2 Å². The van der Waals surface area contributed by atoms with E-state index in [1.807, 2.05) is 84.6 Å². The number of piperidine rings is 2. The Kier molecular flexibility index (Phi) is 12.6. The number of anilines is 1. The van der Waals surface area contributed by atoms with Gasteiger partial charge in [-0.1, -0.05) is 72.0 Å². The molecule has 2 aromatic heterocycles. The summed E-state index contributed by atoms with van der Waals surface area (Å²) in [7, 11) is 3.39. The molecule has 2 aliphatic rings. The third kappa shape index (κ3) is 9.34. The lowest BCUT2D eigenvalue weighted by Gasteiger charge is -2.40. The SMILES string of the molecule is CCN(CC1CC(c2cccc(OCC(=O)NC3CCCN(c4nc5ccccc5s4)C3)c2OC)CN(CCc2ccccc2OC)C1)C(=O)c1cc2ccccc2[nH]1. The van der Waals surface area contributed by atoms with Crippen molar-refractivity contribution >= 4 is 49.4 Å². The van der Waals surface area contributed by atoms with Gasteiger partial charge in [0.15, 0.2) is 23.2 Å². The van der Waals surface area contributed by atoms with Crippen LogP contribution in [0.25, 0.3) is 21.1 Å². The summed E-state index contributed by atoms with van der Waals surface area (Å²) in [5, 5.41) is 5.24. The van der Waals surface area contributed by atoms with Gasteiger partial charge in [0.2, 0.25) is 0 Å². The van der Waals surface area contributed by atoms with E-state index in [0.717, 1.165) is 84.7 Å². The first-order valence-electron chi connectivity index (χ1n) is 20.8. The monoisotopic (exact) mass is 814 g/mol. The van der Waals surface area contributed by atoms with Crippen molar-refractivity contribution in [1.82, 2.24) is 25.1 Å². The van der Waals surface area contributed by atoms with E-state index in [4.69, 9.17) is 19.2 Å². The number of carbonyl (C=O) groups excluding carboxylic acids is 2. The van der Waals surface area contributed by atoms with Crippen molar-refractivity contribution in [3.05, 3.63) is 114 Å². The highest BCUT2D eigenvalue weighted by Crippen LogP contribution is 2.41. The molecular weight excluding hydrogens is 761 g/mol. The third-order valence-corrected chi connectivity index (χ3v) is 12.9. The van der Waals surface area contributed by atoms with Crippen LogP contribution in [0.2, 0.25) is 0 Å². The minimum atomic E-state index is -0.159. The molecular formula is C47H54N6O5S. The number of hydrogen-bond donors (Lipinski definition) is 2. The van der Waals surface area contributed by atoms with E-state index >= 15 is 0 Å². The molecule has 3 unspecified atom stereocenters. The minimum Gasteiger partial charge on any atom is -0.496 e. The lowest BCUT2D eigenvalue weighted by molar-refractivity contribution is -0.123. The second-order valence-electron chi connectivity index (χ2n) is 15.7. The standard InChI is InChI=1S/C47H54N6O5S/c1-4-52(46(55)40-26-34-14-5-7-17-38(34)49-40)28-32-25-35(29-51(27-32)24-22-33-13-6-9-19-41(33)56-2)37-16-11-20-42(45(37)57-3)58-31-44(54)48-36-15-12-23-53(30-36)47-50-39-18-8-10-21-43(39)59-47/h5-11,13-14,16-21,26,32,35-36,49H,4,12,15,22-25,27-31H2,1-3H3,(H,48,54). The number of rotatable bonds is 15. The summed E-state index contributed by atoms with van der Waals surface area (Å²) < 4.78 is 19.2. The Morgan fingerprint density at radius 1 is 0.932 bits per heavy atom. The maximum atomic E-state index is 13.9. The number of aromatic amines is 1. The highest BCUT2D eigenvalue weighted by molar-refractivity contribution is 7.22. The van der Waals surface area contributed by atoms with Gasteiger partial charge in [0.1, 0.15) is 11.4 Å². The summed E-state index contributed by atoms with van der Waals surface area (Å²) >= 11 is 1.69. The normalized spacial score (nSPS) is 18.5. The van der Waals surface area contributed by atoms with Crippen LogP contribution < -0.4 is 24.4 Å². The van der Waals surface area contributed by atoms with Crippen molar-refractivity contribution < 1.29 is 23.8 Å². The highest BCUT2D eigenvalue weighted by atomic mass is 32.1. The highest BCUT2D eigenvalue weighted by Gasteiger charge is 2.33. The van der Waals surface area contributed by atoms with Crippen LogP contribution in [-0.4, -0.2) is 104 Å². The second-order valence-corrected chi connectivity index (χ2v) is 16.7. The fraction of sp³-hybridized carbons (Fsp3) is 0.383. The molecule has 0 saturated carbocycles. The lowest BCUT2D eigenvalue weighted by atomic mass is 9.83. The van der Waals surface area contributed by atoms with Crippen LogP contribution in [0.1, 0.15) is 53.7 Å². The average Bonchev–Trinajstić information content (AvgIpc) is 3.92. The Bertz CT molecular complexity index is 2310. The predicted molar refractivity (Wildman–Crippen MR) is 235 cm³/mol. The molecule has 12 heteroatoms. The number of benzene rings is 4.